The van der Waals surface area contributed by atoms with Crippen LogP contribution in [0.3, 0.4) is 0 Å². The van der Waals surface area contributed by atoms with Gasteiger partial charge in [0.1, 0.15) is 11.6 Å². The molecule has 3 aromatic rings. The third-order valence-corrected chi connectivity index (χ3v) is 6.24. The molecule has 0 atom stereocenters. The Balaban J connectivity index is 1.70. The summed E-state index contributed by atoms with van der Waals surface area (Å²) in [6.07, 6.45) is 7.20. The summed E-state index contributed by atoms with van der Waals surface area (Å²) in [5, 5.41) is 5.10. The van der Waals surface area contributed by atoms with Crippen molar-refractivity contribution in [2.45, 2.75) is 38.0 Å². The molecule has 1 aliphatic carbocycles. The van der Waals surface area contributed by atoms with Crippen LogP contribution in [-0.4, -0.2) is 28.4 Å². The number of benzene rings is 2. The number of primary amides is 1. The molecule has 4 rings (SSSR count). The molecule has 1 aliphatic rings. The van der Waals surface area contributed by atoms with E-state index in [1.165, 1.54) is 11.1 Å². The molecule has 2 N–H and O–H groups in total. The molecule has 31 heavy (non-hydrogen) atoms. The maximum atomic E-state index is 13.2. The fourth-order valence-corrected chi connectivity index (χ4v) is 4.56. The minimum absolute atomic E-state index is 0.154. The van der Waals surface area contributed by atoms with Gasteiger partial charge in [0.15, 0.2) is 6.61 Å². The van der Waals surface area contributed by atoms with E-state index in [1.807, 2.05) is 30.3 Å². The first-order chi connectivity index (χ1) is 15.0. The van der Waals surface area contributed by atoms with E-state index >= 15 is 0 Å². The molecule has 0 spiro atoms. The largest absolute Gasteiger partial charge is 0.483 e. The standard InChI is InChI=1S/C23H23IN4O3/c24-18-12-15(10-11-20(18)31-14-21(25)29)13-26-28-22(16-6-2-1-3-7-16)27-19-9-5-4-8-17(19)23(28)30/h4-5,8-13,16H,1-3,6-7,14H2,(H2,25,29). The Morgan fingerprint density at radius 3 is 2.74 bits per heavy atom. The molecule has 1 fully saturated rings. The third-order valence-electron chi connectivity index (χ3n) is 5.40. The lowest BCUT2D eigenvalue weighted by Crippen LogP contribution is -2.25. The second kappa shape index (κ2) is 9.59. The first kappa shape index (κ1) is 21.5. The van der Waals surface area contributed by atoms with E-state index in [-0.39, 0.29) is 18.1 Å². The monoisotopic (exact) mass is 530 g/mol. The molecule has 1 heterocycles. The first-order valence-corrected chi connectivity index (χ1v) is 11.4. The topological polar surface area (TPSA) is 99.6 Å². The van der Waals surface area contributed by atoms with Crippen LogP contribution in [0, 0.1) is 3.57 Å². The van der Waals surface area contributed by atoms with Gasteiger partial charge < -0.3 is 10.5 Å². The van der Waals surface area contributed by atoms with Crippen molar-refractivity contribution in [1.29, 1.82) is 0 Å². The number of hydrogen-bond acceptors (Lipinski definition) is 5. The number of nitrogens with two attached hydrogens (primary N) is 1. The van der Waals surface area contributed by atoms with Gasteiger partial charge in [-0.2, -0.15) is 9.78 Å². The van der Waals surface area contributed by atoms with E-state index in [0.29, 0.717) is 16.7 Å². The number of nitrogens with zero attached hydrogens (tertiary/aromatic N) is 3. The van der Waals surface area contributed by atoms with Crippen LogP contribution >= 0.6 is 22.6 Å². The lowest BCUT2D eigenvalue weighted by molar-refractivity contribution is -0.119. The number of para-hydroxylation sites is 1. The minimum atomic E-state index is -0.528. The number of carbonyl (C=O) groups is 1. The van der Waals surface area contributed by atoms with E-state index in [9.17, 15) is 9.59 Å². The van der Waals surface area contributed by atoms with Gasteiger partial charge in [-0.3, -0.25) is 9.59 Å². The van der Waals surface area contributed by atoms with E-state index in [4.69, 9.17) is 15.5 Å². The Hall–Kier alpha value is -2.75. The average molecular weight is 530 g/mol. The molecule has 0 unspecified atom stereocenters. The highest BCUT2D eigenvalue weighted by molar-refractivity contribution is 14.1. The number of carbonyl (C=O) groups excluding carboxylic acids is 1. The normalized spacial score (nSPS) is 14.9. The minimum Gasteiger partial charge on any atom is -0.483 e. The zero-order chi connectivity index (χ0) is 21.8. The SMILES string of the molecule is NC(=O)COc1ccc(C=Nn2c(C3CCCCC3)nc3ccccc3c2=O)cc1I. The quantitative estimate of drug-likeness (QED) is 0.387. The summed E-state index contributed by atoms with van der Waals surface area (Å²) in [6, 6.07) is 12.9. The summed E-state index contributed by atoms with van der Waals surface area (Å²) in [7, 11) is 0. The molecule has 0 saturated heterocycles. The molecule has 0 radical (unpaired) electrons. The number of rotatable bonds is 6. The molecule has 2 aromatic carbocycles. The van der Waals surface area contributed by atoms with Crippen LogP contribution in [0.4, 0.5) is 0 Å². The number of amides is 1. The highest BCUT2D eigenvalue weighted by atomic mass is 127. The van der Waals surface area contributed by atoms with Crippen molar-refractivity contribution in [2.24, 2.45) is 10.8 Å². The van der Waals surface area contributed by atoms with Crippen molar-refractivity contribution < 1.29 is 9.53 Å². The fraction of sp³-hybridized carbons (Fsp3) is 0.304. The Labute approximate surface area is 193 Å². The van der Waals surface area contributed by atoms with Gasteiger partial charge in [-0.05, 0) is 71.3 Å². The van der Waals surface area contributed by atoms with Crippen LogP contribution in [0.25, 0.3) is 10.9 Å². The van der Waals surface area contributed by atoms with Gasteiger partial charge in [0.05, 0.1) is 20.7 Å². The van der Waals surface area contributed by atoms with Crippen LogP contribution in [0.1, 0.15) is 49.4 Å². The van der Waals surface area contributed by atoms with Crippen LogP contribution in [-0.2, 0) is 4.79 Å². The fourth-order valence-electron chi connectivity index (χ4n) is 3.87. The average Bonchev–Trinajstić information content (AvgIpc) is 2.78. The predicted molar refractivity (Wildman–Crippen MR) is 129 cm³/mol. The van der Waals surface area contributed by atoms with Gasteiger partial charge in [0.2, 0.25) is 0 Å². The molecular formula is C23H23IN4O3. The summed E-state index contributed by atoms with van der Waals surface area (Å²) < 4.78 is 7.67. The first-order valence-electron chi connectivity index (χ1n) is 10.3. The van der Waals surface area contributed by atoms with Crippen molar-refractivity contribution in [3.05, 3.63) is 67.8 Å². The molecule has 1 saturated carbocycles. The van der Waals surface area contributed by atoms with Crippen molar-refractivity contribution in [3.63, 3.8) is 0 Å². The van der Waals surface area contributed by atoms with Crippen LogP contribution in [0.2, 0.25) is 0 Å². The van der Waals surface area contributed by atoms with Crippen molar-refractivity contribution in [2.75, 3.05) is 6.61 Å². The number of aromatic nitrogens is 2. The Morgan fingerprint density at radius 2 is 2.00 bits per heavy atom. The lowest BCUT2D eigenvalue weighted by Gasteiger charge is -2.22. The zero-order valence-electron chi connectivity index (χ0n) is 17.0. The maximum absolute atomic E-state index is 13.2. The molecule has 160 valence electrons. The van der Waals surface area contributed by atoms with E-state index in [0.717, 1.165) is 40.6 Å². The van der Waals surface area contributed by atoms with Crippen molar-refractivity contribution in [1.82, 2.24) is 9.66 Å². The molecule has 8 heteroatoms. The van der Waals surface area contributed by atoms with Crippen LogP contribution in [0.5, 0.6) is 5.75 Å². The second-order valence-corrected chi connectivity index (χ2v) is 8.79. The van der Waals surface area contributed by atoms with Gasteiger partial charge in [0.25, 0.3) is 11.5 Å². The lowest BCUT2D eigenvalue weighted by atomic mass is 9.88. The molecule has 1 amide bonds. The Morgan fingerprint density at radius 1 is 1.23 bits per heavy atom. The highest BCUT2D eigenvalue weighted by Gasteiger charge is 2.22. The summed E-state index contributed by atoms with van der Waals surface area (Å²) in [6.45, 7) is -0.174. The van der Waals surface area contributed by atoms with Gasteiger partial charge in [-0.15, -0.1) is 0 Å². The highest BCUT2D eigenvalue weighted by Crippen LogP contribution is 2.31. The van der Waals surface area contributed by atoms with E-state index < -0.39 is 5.91 Å². The Kier molecular flexibility index (Phi) is 6.64. The summed E-state index contributed by atoms with van der Waals surface area (Å²) >= 11 is 2.13. The number of hydrogen-bond donors (Lipinski definition) is 1. The van der Waals surface area contributed by atoms with Gasteiger partial charge in [0, 0.05) is 5.92 Å². The van der Waals surface area contributed by atoms with Gasteiger partial charge in [-0.25, -0.2) is 4.98 Å². The molecule has 0 aliphatic heterocycles. The smallest absolute Gasteiger partial charge is 0.282 e. The summed E-state index contributed by atoms with van der Waals surface area (Å²) in [4.78, 5) is 29.0. The maximum Gasteiger partial charge on any atom is 0.282 e. The molecule has 0 bridgehead atoms. The summed E-state index contributed by atoms with van der Waals surface area (Å²) in [5.74, 6) is 1.01. The molecular weight excluding hydrogens is 507 g/mol. The predicted octanol–water partition coefficient (Wildman–Crippen LogP) is 3.80. The van der Waals surface area contributed by atoms with Crippen molar-refractivity contribution in [3.8, 4) is 5.75 Å². The van der Waals surface area contributed by atoms with Crippen LogP contribution < -0.4 is 16.0 Å². The second-order valence-electron chi connectivity index (χ2n) is 7.63. The number of fused-ring (bicyclic) bond motifs is 1. The van der Waals surface area contributed by atoms with Crippen molar-refractivity contribution >= 4 is 45.6 Å². The van der Waals surface area contributed by atoms with Gasteiger partial charge >= 0.3 is 0 Å². The van der Waals surface area contributed by atoms with Crippen LogP contribution in [0.15, 0.2) is 52.4 Å². The molecule has 7 nitrogen and oxygen atoms in total. The van der Waals surface area contributed by atoms with Gasteiger partial charge in [-0.1, -0.05) is 31.4 Å². The van der Waals surface area contributed by atoms with E-state index in [2.05, 4.69) is 27.7 Å². The van der Waals surface area contributed by atoms with E-state index in [1.54, 1.807) is 18.3 Å². The molecule has 1 aromatic heterocycles. The summed E-state index contributed by atoms with van der Waals surface area (Å²) in [5.41, 5.74) is 6.51. The number of ether oxygens (including phenoxy) is 1. The number of halogens is 1. The Bertz CT molecular complexity index is 1200. The third kappa shape index (κ3) is 4.95. The zero-order valence-corrected chi connectivity index (χ0v) is 19.1.